The Balaban J connectivity index is 1.73. The van der Waals surface area contributed by atoms with Crippen LogP contribution in [-0.4, -0.2) is 44.1 Å². The summed E-state index contributed by atoms with van der Waals surface area (Å²) in [6.45, 7) is 1.42. The summed E-state index contributed by atoms with van der Waals surface area (Å²) in [4.78, 5) is 22.1. The molecule has 1 atom stereocenters. The number of likely N-dealkylation sites (tertiary alicyclic amines) is 1. The number of aromatic nitrogens is 4. The summed E-state index contributed by atoms with van der Waals surface area (Å²) < 4.78 is 0. The first-order valence-electron chi connectivity index (χ1n) is 6.50. The zero-order chi connectivity index (χ0) is 13.9. The molecule has 1 amide bonds. The van der Waals surface area contributed by atoms with E-state index in [4.69, 9.17) is 11.6 Å². The van der Waals surface area contributed by atoms with Crippen molar-refractivity contribution in [1.29, 1.82) is 0 Å². The maximum Gasteiger partial charge on any atom is 0.274 e. The van der Waals surface area contributed by atoms with Crippen LogP contribution in [0.5, 0.6) is 0 Å². The summed E-state index contributed by atoms with van der Waals surface area (Å²) in [6.07, 6.45) is 6.57. The zero-order valence-corrected chi connectivity index (χ0v) is 11.5. The monoisotopic (exact) mass is 291 g/mol. The van der Waals surface area contributed by atoms with Crippen LogP contribution in [0.25, 0.3) is 0 Å². The van der Waals surface area contributed by atoms with Gasteiger partial charge in [-0.15, -0.1) is 0 Å². The summed E-state index contributed by atoms with van der Waals surface area (Å²) in [5.74, 6) is 0.203. The summed E-state index contributed by atoms with van der Waals surface area (Å²) >= 11 is 5.68. The van der Waals surface area contributed by atoms with Crippen LogP contribution in [0.4, 0.5) is 0 Å². The first-order valence-corrected chi connectivity index (χ1v) is 6.88. The third-order valence-electron chi connectivity index (χ3n) is 3.51. The van der Waals surface area contributed by atoms with Gasteiger partial charge in [-0.25, -0.2) is 9.97 Å². The van der Waals surface area contributed by atoms with Gasteiger partial charge in [0.05, 0.1) is 12.4 Å². The van der Waals surface area contributed by atoms with Crippen LogP contribution in [0.2, 0.25) is 5.15 Å². The van der Waals surface area contributed by atoms with Gasteiger partial charge >= 0.3 is 0 Å². The van der Waals surface area contributed by atoms with E-state index in [-0.39, 0.29) is 11.1 Å². The predicted molar refractivity (Wildman–Crippen MR) is 73.5 cm³/mol. The Labute approximate surface area is 121 Å². The van der Waals surface area contributed by atoms with Crippen molar-refractivity contribution in [3.8, 4) is 0 Å². The topological polar surface area (TPSA) is 74.8 Å². The Kier molecular flexibility index (Phi) is 3.64. The third kappa shape index (κ3) is 2.65. The number of hydrogen-bond acceptors (Lipinski definition) is 4. The van der Waals surface area contributed by atoms with Crippen molar-refractivity contribution in [3.05, 3.63) is 41.2 Å². The van der Waals surface area contributed by atoms with Gasteiger partial charge in [-0.05, 0) is 18.9 Å². The molecule has 1 aliphatic rings. The molecule has 6 nitrogen and oxygen atoms in total. The average Bonchev–Trinajstić information content (AvgIpc) is 3.02. The van der Waals surface area contributed by atoms with Gasteiger partial charge in [0.2, 0.25) is 0 Å². The van der Waals surface area contributed by atoms with Crippen molar-refractivity contribution in [1.82, 2.24) is 25.1 Å². The second-order valence-electron chi connectivity index (χ2n) is 4.83. The number of aromatic amines is 1. The molecule has 0 spiro atoms. The highest BCUT2D eigenvalue weighted by Crippen LogP contribution is 2.25. The van der Waals surface area contributed by atoms with Crippen molar-refractivity contribution in [2.24, 2.45) is 0 Å². The van der Waals surface area contributed by atoms with Crippen LogP contribution in [0.15, 0.2) is 24.7 Å². The van der Waals surface area contributed by atoms with E-state index in [0.717, 1.165) is 25.1 Å². The first-order chi connectivity index (χ1) is 9.74. The molecular formula is C13H14ClN5O. The van der Waals surface area contributed by atoms with Crippen LogP contribution in [0, 0.1) is 0 Å². The minimum atomic E-state index is -0.0987. The maximum atomic E-state index is 12.4. The standard InChI is InChI=1S/C13H14ClN5O/c14-12-7-15-11(6-16-12)13(20)19-5-1-2-9(8-19)10-3-4-17-18-10/h3-4,6-7,9H,1-2,5,8H2,(H,17,18). The molecule has 7 heteroatoms. The number of carbonyl (C=O) groups is 1. The number of rotatable bonds is 2. The van der Waals surface area contributed by atoms with E-state index in [1.807, 2.05) is 11.0 Å². The van der Waals surface area contributed by atoms with Crippen LogP contribution in [0.3, 0.4) is 0 Å². The minimum absolute atomic E-state index is 0.0987. The summed E-state index contributed by atoms with van der Waals surface area (Å²) in [7, 11) is 0. The molecule has 0 bridgehead atoms. The van der Waals surface area contributed by atoms with Gasteiger partial charge in [-0.1, -0.05) is 11.6 Å². The second kappa shape index (κ2) is 5.58. The van der Waals surface area contributed by atoms with Gasteiger partial charge in [-0.3, -0.25) is 9.89 Å². The van der Waals surface area contributed by atoms with Crippen LogP contribution in [0.1, 0.15) is 34.9 Å². The molecule has 2 aromatic heterocycles. The molecule has 0 saturated carbocycles. The Morgan fingerprint density at radius 3 is 3.00 bits per heavy atom. The van der Waals surface area contributed by atoms with E-state index in [2.05, 4.69) is 20.2 Å². The Hall–Kier alpha value is -1.95. The first kappa shape index (κ1) is 13.1. The summed E-state index contributed by atoms with van der Waals surface area (Å²) in [6, 6.07) is 1.96. The predicted octanol–water partition coefficient (Wildman–Crippen LogP) is 1.87. The molecule has 20 heavy (non-hydrogen) atoms. The number of nitrogens with zero attached hydrogens (tertiary/aromatic N) is 4. The molecule has 1 aliphatic heterocycles. The van der Waals surface area contributed by atoms with E-state index < -0.39 is 0 Å². The van der Waals surface area contributed by atoms with Gasteiger partial charge in [0.25, 0.3) is 5.91 Å². The largest absolute Gasteiger partial charge is 0.337 e. The second-order valence-corrected chi connectivity index (χ2v) is 5.21. The number of amides is 1. The number of hydrogen-bond donors (Lipinski definition) is 1. The number of nitrogens with one attached hydrogen (secondary N) is 1. The molecule has 1 saturated heterocycles. The van der Waals surface area contributed by atoms with Gasteiger partial charge in [0, 0.05) is 30.9 Å². The molecule has 2 aromatic rings. The van der Waals surface area contributed by atoms with Gasteiger partial charge < -0.3 is 4.90 Å². The van der Waals surface area contributed by atoms with E-state index in [1.165, 1.54) is 12.4 Å². The molecule has 0 radical (unpaired) electrons. The molecule has 0 aromatic carbocycles. The minimum Gasteiger partial charge on any atom is -0.337 e. The van der Waals surface area contributed by atoms with Crippen LogP contribution in [-0.2, 0) is 0 Å². The number of H-pyrrole nitrogens is 1. The third-order valence-corrected chi connectivity index (χ3v) is 3.71. The quantitative estimate of drug-likeness (QED) is 0.916. The highest BCUT2D eigenvalue weighted by molar-refractivity contribution is 6.29. The lowest BCUT2D eigenvalue weighted by molar-refractivity contribution is 0.0699. The smallest absolute Gasteiger partial charge is 0.274 e. The lowest BCUT2D eigenvalue weighted by Gasteiger charge is -2.31. The Morgan fingerprint density at radius 2 is 2.30 bits per heavy atom. The Morgan fingerprint density at radius 1 is 1.40 bits per heavy atom. The molecule has 0 aliphatic carbocycles. The molecule has 3 rings (SSSR count). The Bertz CT molecular complexity index is 583. The summed E-state index contributed by atoms with van der Waals surface area (Å²) in [5, 5.41) is 7.24. The number of carbonyl (C=O) groups excluding carboxylic acids is 1. The van der Waals surface area contributed by atoms with Crippen molar-refractivity contribution < 1.29 is 4.79 Å². The van der Waals surface area contributed by atoms with Crippen LogP contribution < -0.4 is 0 Å². The summed E-state index contributed by atoms with van der Waals surface area (Å²) in [5.41, 5.74) is 1.41. The average molecular weight is 292 g/mol. The van der Waals surface area contributed by atoms with E-state index in [9.17, 15) is 4.79 Å². The highest BCUT2D eigenvalue weighted by atomic mass is 35.5. The fourth-order valence-electron chi connectivity index (χ4n) is 2.49. The van der Waals surface area contributed by atoms with Gasteiger partial charge in [0.15, 0.2) is 0 Å². The molecule has 104 valence electrons. The number of halogens is 1. The maximum absolute atomic E-state index is 12.4. The lowest BCUT2D eigenvalue weighted by atomic mass is 9.95. The number of piperidine rings is 1. The van der Waals surface area contributed by atoms with Crippen molar-refractivity contribution in [2.45, 2.75) is 18.8 Å². The van der Waals surface area contributed by atoms with Gasteiger partial charge in [0.1, 0.15) is 10.8 Å². The molecule has 1 unspecified atom stereocenters. The van der Waals surface area contributed by atoms with Crippen molar-refractivity contribution >= 4 is 17.5 Å². The lowest BCUT2D eigenvalue weighted by Crippen LogP contribution is -2.39. The molecule has 1 N–H and O–H groups in total. The van der Waals surface area contributed by atoms with Crippen molar-refractivity contribution in [3.63, 3.8) is 0 Å². The molecule has 3 heterocycles. The molecule has 1 fully saturated rings. The normalized spacial score (nSPS) is 19.1. The fourth-order valence-corrected chi connectivity index (χ4v) is 2.59. The van der Waals surface area contributed by atoms with E-state index in [1.54, 1.807) is 6.20 Å². The molecular weight excluding hydrogens is 278 g/mol. The zero-order valence-electron chi connectivity index (χ0n) is 10.8. The van der Waals surface area contributed by atoms with E-state index >= 15 is 0 Å². The fraction of sp³-hybridized carbons (Fsp3) is 0.385. The van der Waals surface area contributed by atoms with E-state index in [0.29, 0.717) is 18.2 Å². The van der Waals surface area contributed by atoms with Crippen LogP contribution >= 0.6 is 11.6 Å². The van der Waals surface area contributed by atoms with Crippen molar-refractivity contribution in [2.75, 3.05) is 13.1 Å². The highest BCUT2D eigenvalue weighted by Gasteiger charge is 2.26. The SMILES string of the molecule is O=C(c1cnc(Cl)cn1)N1CCCC(c2ccn[nH]2)C1. The van der Waals surface area contributed by atoms with Gasteiger partial charge in [-0.2, -0.15) is 5.10 Å².